The third kappa shape index (κ3) is 5.53. The van der Waals surface area contributed by atoms with Gasteiger partial charge in [0.05, 0.1) is 23.4 Å². The molecule has 0 saturated heterocycles. The molecule has 1 aliphatic rings. The minimum Gasteiger partial charge on any atom is -0.493 e. The second-order valence-corrected chi connectivity index (χ2v) is 8.71. The minimum absolute atomic E-state index is 0.0795. The van der Waals surface area contributed by atoms with Crippen molar-refractivity contribution in [3.05, 3.63) is 72.6 Å². The maximum Gasteiger partial charge on any atom is 0.416 e. The normalized spacial score (nSPS) is 14.7. The number of nitrogens with zero attached hydrogens (tertiary/aromatic N) is 3. The summed E-state index contributed by atoms with van der Waals surface area (Å²) in [5, 5.41) is 0.971. The fraction of sp³-hybridized carbons (Fsp3) is 0.296. The van der Waals surface area contributed by atoms with E-state index in [4.69, 9.17) is 9.47 Å². The molecule has 0 bridgehead atoms. The Morgan fingerprint density at radius 1 is 0.886 bits per heavy atom. The Morgan fingerprint density at radius 2 is 1.74 bits per heavy atom. The van der Waals surface area contributed by atoms with Crippen molar-refractivity contribution in [1.82, 2.24) is 15.0 Å². The second-order valence-electron chi connectivity index (χ2n) is 8.71. The number of halogens is 3. The first kappa shape index (κ1) is 23.1. The van der Waals surface area contributed by atoms with Gasteiger partial charge in [-0.1, -0.05) is 25.3 Å². The van der Waals surface area contributed by atoms with Crippen LogP contribution in [0.2, 0.25) is 0 Å². The summed E-state index contributed by atoms with van der Waals surface area (Å²) in [6.45, 7) is 0.382. The van der Waals surface area contributed by atoms with Crippen LogP contribution in [0.3, 0.4) is 0 Å². The van der Waals surface area contributed by atoms with E-state index >= 15 is 0 Å². The van der Waals surface area contributed by atoms with Crippen LogP contribution in [0.25, 0.3) is 22.2 Å². The summed E-state index contributed by atoms with van der Waals surface area (Å²) in [6, 6.07) is 14.5. The third-order valence-electron chi connectivity index (χ3n) is 6.20. The zero-order chi connectivity index (χ0) is 24.3. The molecule has 8 heteroatoms. The molecule has 180 valence electrons. The smallest absolute Gasteiger partial charge is 0.416 e. The van der Waals surface area contributed by atoms with Crippen LogP contribution in [-0.4, -0.2) is 21.6 Å². The Balaban J connectivity index is 1.43. The van der Waals surface area contributed by atoms with Crippen LogP contribution in [0.5, 0.6) is 17.5 Å². The number of benzene rings is 2. The zero-order valence-corrected chi connectivity index (χ0v) is 19.0. The van der Waals surface area contributed by atoms with Crippen molar-refractivity contribution in [2.45, 2.75) is 38.3 Å². The predicted octanol–water partition coefficient (Wildman–Crippen LogP) is 7.46. The lowest BCUT2D eigenvalue weighted by Crippen LogP contribution is -2.16. The first-order valence-corrected chi connectivity index (χ1v) is 11.7. The van der Waals surface area contributed by atoms with E-state index in [-0.39, 0.29) is 11.8 Å². The molecule has 2 heterocycles. The lowest BCUT2D eigenvalue weighted by atomic mass is 9.90. The van der Waals surface area contributed by atoms with Crippen molar-refractivity contribution >= 4 is 10.9 Å². The SMILES string of the molecule is FC(F)(F)c1ccc(-c2ccnc(Oc3ccc4cccnc4c3)n2)c(OCC2CCCCC2)c1. The average molecular weight is 480 g/mol. The fourth-order valence-corrected chi connectivity index (χ4v) is 4.35. The van der Waals surface area contributed by atoms with Gasteiger partial charge in [0, 0.05) is 29.4 Å². The van der Waals surface area contributed by atoms with Crippen LogP contribution in [0.15, 0.2) is 67.0 Å². The number of pyridine rings is 1. The van der Waals surface area contributed by atoms with Crippen molar-refractivity contribution in [3.63, 3.8) is 0 Å². The van der Waals surface area contributed by atoms with E-state index in [1.165, 1.54) is 18.7 Å². The summed E-state index contributed by atoms with van der Waals surface area (Å²) in [5.41, 5.74) is 0.888. The van der Waals surface area contributed by atoms with Crippen LogP contribution >= 0.6 is 0 Å². The Bertz CT molecular complexity index is 1320. The first-order chi connectivity index (χ1) is 17.0. The number of fused-ring (bicyclic) bond motifs is 1. The van der Waals surface area contributed by atoms with Gasteiger partial charge >= 0.3 is 12.2 Å². The molecule has 1 saturated carbocycles. The highest BCUT2D eigenvalue weighted by molar-refractivity contribution is 5.79. The topological polar surface area (TPSA) is 57.1 Å². The van der Waals surface area contributed by atoms with Crippen LogP contribution in [0.1, 0.15) is 37.7 Å². The molecule has 0 spiro atoms. The van der Waals surface area contributed by atoms with Gasteiger partial charge in [-0.3, -0.25) is 4.98 Å². The molecule has 1 fully saturated rings. The number of alkyl halides is 3. The highest BCUT2D eigenvalue weighted by Gasteiger charge is 2.31. The summed E-state index contributed by atoms with van der Waals surface area (Å²) in [6.07, 6.45) is 4.25. The molecule has 2 aromatic carbocycles. The summed E-state index contributed by atoms with van der Waals surface area (Å²) >= 11 is 0. The molecule has 5 nitrogen and oxygen atoms in total. The van der Waals surface area contributed by atoms with Crippen LogP contribution in [0, 0.1) is 5.92 Å². The van der Waals surface area contributed by atoms with Crippen LogP contribution in [0.4, 0.5) is 13.2 Å². The van der Waals surface area contributed by atoms with Gasteiger partial charge in [0.1, 0.15) is 11.5 Å². The van der Waals surface area contributed by atoms with E-state index in [0.29, 0.717) is 29.5 Å². The molecule has 0 unspecified atom stereocenters. The predicted molar refractivity (Wildman–Crippen MR) is 126 cm³/mol. The molecule has 1 aliphatic carbocycles. The molecule has 5 rings (SSSR count). The molecule has 2 aromatic heterocycles. The Hall–Kier alpha value is -3.68. The third-order valence-corrected chi connectivity index (χ3v) is 6.20. The van der Waals surface area contributed by atoms with E-state index in [1.807, 2.05) is 18.2 Å². The van der Waals surface area contributed by atoms with Gasteiger partial charge < -0.3 is 9.47 Å². The van der Waals surface area contributed by atoms with E-state index in [1.54, 1.807) is 24.4 Å². The van der Waals surface area contributed by atoms with Gasteiger partial charge in [-0.25, -0.2) is 4.98 Å². The Morgan fingerprint density at radius 3 is 2.57 bits per heavy atom. The summed E-state index contributed by atoms with van der Waals surface area (Å²) in [5.74, 6) is 1.01. The number of hydrogen-bond acceptors (Lipinski definition) is 5. The summed E-state index contributed by atoms with van der Waals surface area (Å²) in [4.78, 5) is 12.9. The van der Waals surface area contributed by atoms with E-state index in [0.717, 1.165) is 48.7 Å². The van der Waals surface area contributed by atoms with Crippen molar-refractivity contribution < 1.29 is 22.6 Å². The van der Waals surface area contributed by atoms with Gasteiger partial charge in [-0.05, 0) is 61.2 Å². The van der Waals surface area contributed by atoms with Gasteiger partial charge in [0.2, 0.25) is 0 Å². The molecule has 0 radical (unpaired) electrons. The molecule has 0 amide bonds. The molecule has 35 heavy (non-hydrogen) atoms. The monoisotopic (exact) mass is 479 g/mol. The Kier molecular flexibility index (Phi) is 6.53. The maximum absolute atomic E-state index is 13.4. The molecule has 0 N–H and O–H groups in total. The quantitative estimate of drug-likeness (QED) is 0.287. The first-order valence-electron chi connectivity index (χ1n) is 11.7. The lowest BCUT2D eigenvalue weighted by Gasteiger charge is -2.23. The highest BCUT2D eigenvalue weighted by Crippen LogP contribution is 2.38. The maximum atomic E-state index is 13.4. The van der Waals surface area contributed by atoms with Crippen molar-refractivity contribution in [2.24, 2.45) is 5.92 Å². The molecule has 0 atom stereocenters. The van der Waals surface area contributed by atoms with Crippen LogP contribution < -0.4 is 9.47 Å². The lowest BCUT2D eigenvalue weighted by molar-refractivity contribution is -0.137. The number of hydrogen-bond donors (Lipinski definition) is 0. The standard InChI is InChI=1S/C27H24F3N3O2/c28-27(29,30)20-9-11-22(25(15-20)34-17-18-5-2-1-3-6-18)23-12-14-32-26(33-23)35-21-10-8-19-7-4-13-31-24(19)16-21/h4,7-16,18H,1-3,5-6,17H2. The zero-order valence-electron chi connectivity index (χ0n) is 19.0. The number of rotatable bonds is 6. The van der Waals surface area contributed by atoms with E-state index in [2.05, 4.69) is 15.0 Å². The van der Waals surface area contributed by atoms with Gasteiger partial charge in [0.15, 0.2) is 0 Å². The van der Waals surface area contributed by atoms with Crippen molar-refractivity contribution in [1.29, 1.82) is 0 Å². The largest absolute Gasteiger partial charge is 0.493 e. The van der Waals surface area contributed by atoms with Gasteiger partial charge in [-0.15, -0.1) is 0 Å². The molecular weight excluding hydrogens is 455 g/mol. The van der Waals surface area contributed by atoms with E-state index < -0.39 is 11.7 Å². The summed E-state index contributed by atoms with van der Waals surface area (Å²) in [7, 11) is 0. The molecule has 0 aliphatic heterocycles. The van der Waals surface area contributed by atoms with Crippen LogP contribution in [-0.2, 0) is 6.18 Å². The van der Waals surface area contributed by atoms with E-state index in [9.17, 15) is 13.2 Å². The molecular formula is C27H24F3N3O2. The highest BCUT2D eigenvalue weighted by atomic mass is 19.4. The van der Waals surface area contributed by atoms with Gasteiger partial charge in [0.25, 0.3) is 0 Å². The molecule has 4 aromatic rings. The van der Waals surface area contributed by atoms with Crippen molar-refractivity contribution in [3.8, 4) is 28.8 Å². The summed E-state index contributed by atoms with van der Waals surface area (Å²) < 4.78 is 52.0. The Labute approximate surface area is 201 Å². The van der Waals surface area contributed by atoms with Crippen molar-refractivity contribution in [2.75, 3.05) is 6.61 Å². The average Bonchev–Trinajstić information content (AvgIpc) is 2.87. The second kappa shape index (κ2) is 9.90. The van der Waals surface area contributed by atoms with Gasteiger partial charge in [-0.2, -0.15) is 18.2 Å². The number of ether oxygens (including phenoxy) is 2. The minimum atomic E-state index is -4.47. The number of aromatic nitrogens is 3. The fourth-order valence-electron chi connectivity index (χ4n) is 4.35.